The van der Waals surface area contributed by atoms with Gasteiger partial charge in [0.25, 0.3) is 11.8 Å². The van der Waals surface area contributed by atoms with Crippen LogP contribution in [0.1, 0.15) is 20.9 Å². The first kappa shape index (κ1) is 19.2. The van der Waals surface area contributed by atoms with E-state index in [1.807, 2.05) is 0 Å². The molecule has 3 aromatic rings. The van der Waals surface area contributed by atoms with Crippen LogP contribution in [0, 0.1) is 0 Å². The highest BCUT2D eigenvalue weighted by Gasteiger charge is 2.13. The number of carbonyl (C=O) groups is 2. The maximum absolute atomic E-state index is 12.7. The number of para-hydroxylation sites is 1. The van der Waals surface area contributed by atoms with E-state index in [4.69, 9.17) is 13.9 Å². The van der Waals surface area contributed by atoms with Gasteiger partial charge in [-0.3, -0.25) is 9.59 Å². The lowest BCUT2D eigenvalue weighted by Gasteiger charge is -2.12. The summed E-state index contributed by atoms with van der Waals surface area (Å²) < 4.78 is 15.6. The van der Waals surface area contributed by atoms with Crippen molar-refractivity contribution in [2.75, 3.05) is 31.0 Å². The molecule has 0 bridgehead atoms. The minimum absolute atomic E-state index is 0.205. The lowest BCUT2D eigenvalue weighted by Crippen LogP contribution is -2.15. The zero-order valence-electron chi connectivity index (χ0n) is 15.3. The van der Waals surface area contributed by atoms with Crippen molar-refractivity contribution in [2.45, 2.75) is 0 Å². The summed E-state index contributed by atoms with van der Waals surface area (Å²) in [4.78, 5) is 24.7. The van der Waals surface area contributed by atoms with Gasteiger partial charge in [-0.05, 0) is 42.5 Å². The molecular formula is C21H20N2O5. The van der Waals surface area contributed by atoms with Gasteiger partial charge in [0, 0.05) is 18.5 Å². The monoisotopic (exact) mass is 380 g/mol. The molecule has 7 nitrogen and oxygen atoms in total. The molecule has 0 saturated heterocycles. The van der Waals surface area contributed by atoms with Gasteiger partial charge in [-0.25, -0.2) is 0 Å². The number of rotatable bonds is 8. The van der Waals surface area contributed by atoms with E-state index >= 15 is 0 Å². The molecule has 0 spiro atoms. The quantitative estimate of drug-likeness (QED) is 0.580. The van der Waals surface area contributed by atoms with Gasteiger partial charge in [-0.1, -0.05) is 18.2 Å². The van der Waals surface area contributed by atoms with E-state index in [1.54, 1.807) is 67.8 Å². The Morgan fingerprint density at radius 3 is 2.36 bits per heavy atom. The maximum atomic E-state index is 12.7. The molecule has 7 heteroatoms. The van der Waals surface area contributed by atoms with E-state index in [0.717, 1.165) is 0 Å². The number of carbonyl (C=O) groups excluding carboxylic acids is 2. The van der Waals surface area contributed by atoms with Crippen LogP contribution in [-0.2, 0) is 4.74 Å². The third kappa shape index (κ3) is 4.99. The predicted molar refractivity (Wildman–Crippen MR) is 105 cm³/mol. The zero-order valence-corrected chi connectivity index (χ0v) is 15.3. The summed E-state index contributed by atoms with van der Waals surface area (Å²) in [6.45, 7) is 0.766. The molecule has 0 aliphatic heterocycles. The average Bonchev–Trinajstić information content (AvgIpc) is 3.24. The van der Waals surface area contributed by atoms with Gasteiger partial charge < -0.3 is 24.5 Å². The second-order valence-electron chi connectivity index (χ2n) is 5.80. The Hall–Kier alpha value is -3.58. The van der Waals surface area contributed by atoms with Crippen molar-refractivity contribution in [1.29, 1.82) is 0 Å². The van der Waals surface area contributed by atoms with Crippen LogP contribution in [-0.4, -0.2) is 32.1 Å². The van der Waals surface area contributed by atoms with E-state index in [-0.39, 0.29) is 17.6 Å². The van der Waals surface area contributed by atoms with Crippen LogP contribution in [0.15, 0.2) is 71.3 Å². The molecule has 1 heterocycles. The summed E-state index contributed by atoms with van der Waals surface area (Å²) in [6.07, 6.45) is 1.43. The van der Waals surface area contributed by atoms with Crippen molar-refractivity contribution < 1.29 is 23.5 Å². The molecule has 28 heavy (non-hydrogen) atoms. The van der Waals surface area contributed by atoms with E-state index in [2.05, 4.69) is 10.6 Å². The number of amides is 2. The van der Waals surface area contributed by atoms with Crippen LogP contribution in [0.25, 0.3) is 0 Å². The second kappa shape index (κ2) is 9.38. The first-order valence-electron chi connectivity index (χ1n) is 8.64. The van der Waals surface area contributed by atoms with Crippen molar-refractivity contribution >= 4 is 23.2 Å². The molecule has 3 rings (SSSR count). The highest BCUT2D eigenvalue weighted by molar-refractivity contribution is 6.07. The first-order chi connectivity index (χ1) is 13.7. The Balaban J connectivity index is 1.69. The van der Waals surface area contributed by atoms with Gasteiger partial charge in [-0.15, -0.1) is 0 Å². The molecule has 2 aromatic carbocycles. The Labute approximate surface area is 162 Å². The molecule has 0 fully saturated rings. The van der Waals surface area contributed by atoms with E-state index in [0.29, 0.717) is 35.9 Å². The van der Waals surface area contributed by atoms with Crippen molar-refractivity contribution in [3.05, 3.63) is 78.3 Å². The van der Waals surface area contributed by atoms with E-state index in [1.165, 1.54) is 6.26 Å². The van der Waals surface area contributed by atoms with Crippen molar-refractivity contribution in [2.24, 2.45) is 0 Å². The summed E-state index contributed by atoms with van der Waals surface area (Å²) in [6, 6.07) is 17.0. The molecule has 144 valence electrons. The lowest BCUT2D eigenvalue weighted by molar-refractivity contribution is 0.0994. The number of nitrogens with one attached hydrogen (secondary N) is 2. The third-order valence-electron chi connectivity index (χ3n) is 3.80. The summed E-state index contributed by atoms with van der Waals surface area (Å²) in [5.41, 5.74) is 1.47. The highest BCUT2D eigenvalue weighted by atomic mass is 16.5. The van der Waals surface area contributed by atoms with Gasteiger partial charge in [0.1, 0.15) is 12.4 Å². The molecular weight excluding hydrogens is 360 g/mol. The first-order valence-corrected chi connectivity index (χ1v) is 8.64. The lowest BCUT2D eigenvalue weighted by atomic mass is 10.1. The molecule has 0 aliphatic rings. The van der Waals surface area contributed by atoms with Crippen LogP contribution in [0.3, 0.4) is 0 Å². The standard InChI is InChI=1S/C21H20N2O5/c1-26-12-13-28-18-9-3-2-8-17(18)20(24)22-15-6-4-7-16(14-15)23-21(25)19-10-5-11-27-19/h2-11,14H,12-13H2,1H3,(H,22,24)(H,23,25). The van der Waals surface area contributed by atoms with E-state index in [9.17, 15) is 9.59 Å². The number of furan rings is 1. The Morgan fingerprint density at radius 2 is 1.64 bits per heavy atom. The smallest absolute Gasteiger partial charge is 0.291 e. The Bertz CT molecular complexity index is 937. The molecule has 0 unspecified atom stereocenters. The number of ether oxygens (including phenoxy) is 2. The van der Waals surface area contributed by atoms with Gasteiger partial charge in [0.05, 0.1) is 18.4 Å². The zero-order chi connectivity index (χ0) is 19.8. The molecule has 0 saturated carbocycles. The topological polar surface area (TPSA) is 89.8 Å². The SMILES string of the molecule is COCCOc1ccccc1C(=O)Nc1cccc(NC(=O)c2ccco2)c1. The fourth-order valence-electron chi connectivity index (χ4n) is 2.49. The number of methoxy groups -OCH3 is 1. The van der Waals surface area contributed by atoms with E-state index < -0.39 is 0 Å². The summed E-state index contributed by atoms with van der Waals surface area (Å²) in [7, 11) is 1.58. The number of hydrogen-bond acceptors (Lipinski definition) is 5. The summed E-state index contributed by atoms with van der Waals surface area (Å²) in [5.74, 6) is -0.0104. The molecule has 0 aliphatic carbocycles. The average molecular weight is 380 g/mol. The fraction of sp³-hybridized carbons (Fsp3) is 0.143. The van der Waals surface area contributed by atoms with Crippen LogP contribution >= 0.6 is 0 Å². The molecule has 0 atom stereocenters. The van der Waals surface area contributed by atoms with Gasteiger partial charge in [0.2, 0.25) is 0 Å². The molecule has 1 aromatic heterocycles. The molecule has 2 amide bonds. The van der Waals surface area contributed by atoms with Gasteiger partial charge in [0.15, 0.2) is 5.76 Å². The van der Waals surface area contributed by atoms with Crippen LogP contribution in [0.4, 0.5) is 11.4 Å². The predicted octanol–water partition coefficient (Wildman–Crippen LogP) is 3.81. The minimum Gasteiger partial charge on any atom is -0.490 e. The second-order valence-corrected chi connectivity index (χ2v) is 5.80. The molecule has 2 N–H and O–H groups in total. The van der Waals surface area contributed by atoms with Crippen LogP contribution in [0.5, 0.6) is 5.75 Å². The highest BCUT2D eigenvalue weighted by Crippen LogP contribution is 2.21. The minimum atomic E-state index is -0.370. The van der Waals surface area contributed by atoms with Gasteiger partial charge in [-0.2, -0.15) is 0 Å². The van der Waals surface area contributed by atoms with Crippen LogP contribution < -0.4 is 15.4 Å². The summed E-state index contributed by atoms with van der Waals surface area (Å²) >= 11 is 0. The van der Waals surface area contributed by atoms with Crippen molar-refractivity contribution in [3.63, 3.8) is 0 Å². The van der Waals surface area contributed by atoms with Crippen molar-refractivity contribution in [1.82, 2.24) is 0 Å². The Kier molecular flexibility index (Phi) is 6.43. The number of benzene rings is 2. The third-order valence-corrected chi connectivity index (χ3v) is 3.80. The largest absolute Gasteiger partial charge is 0.490 e. The number of anilines is 2. The molecule has 0 radical (unpaired) electrons. The van der Waals surface area contributed by atoms with Crippen LogP contribution in [0.2, 0.25) is 0 Å². The maximum Gasteiger partial charge on any atom is 0.291 e. The van der Waals surface area contributed by atoms with Gasteiger partial charge >= 0.3 is 0 Å². The Morgan fingerprint density at radius 1 is 0.893 bits per heavy atom. The summed E-state index contributed by atoms with van der Waals surface area (Å²) in [5, 5.41) is 5.53. The number of hydrogen-bond donors (Lipinski definition) is 2. The van der Waals surface area contributed by atoms with Crippen molar-refractivity contribution in [3.8, 4) is 5.75 Å². The normalized spacial score (nSPS) is 10.3. The fourth-order valence-corrected chi connectivity index (χ4v) is 2.49.